The lowest BCUT2D eigenvalue weighted by Crippen LogP contribution is -1.91. The molecule has 2 aromatic rings. The first-order chi connectivity index (χ1) is 8.65. The summed E-state index contributed by atoms with van der Waals surface area (Å²) >= 11 is 8.75. The molecule has 0 spiro atoms. The summed E-state index contributed by atoms with van der Waals surface area (Å²) in [6.45, 7) is 1.60. The van der Waals surface area contributed by atoms with E-state index in [2.05, 4.69) is 9.36 Å². The molecule has 18 heavy (non-hydrogen) atoms. The molecular weight excluding hydrogens is 288 g/mol. The maximum absolute atomic E-state index is 10.8. The molecule has 3 nitrogen and oxygen atoms in total. The Morgan fingerprint density at radius 2 is 2.11 bits per heavy atom. The first-order valence-electron chi connectivity index (χ1n) is 5.37. The third-order valence-corrected chi connectivity index (χ3v) is 4.28. The number of halogens is 1. The second-order valence-electron chi connectivity index (χ2n) is 3.69. The Hall–Kier alpha value is -0.910. The Labute approximate surface area is 119 Å². The van der Waals surface area contributed by atoms with Gasteiger partial charge in [-0.2, -0.15) is 4.37 Å². The quantitative estimate of drug-likeness (QED) is 0.784. The second kappa shape index (κ2) is 6.31. The molecule has 0 amide bonds. The van der Waals surface area contributed by atoms with Crippen LogP contribution in [0.2, 0.25) is 5.02 Å². The minimum Gasteiger partial charge on any atom is -0.300 e. The SMILES string of the molecule is CC(=O)CCSc1nc(-c2ccc(Cl)cc2)ns1. The minimum atomic E-state index is 0.199. The highest BCUT2D eigenvalue weighted by Crippen LogP contribution is 2.26. The van der Waals surface area contributed by atoms with E-state index in [9.17, 15) is 4.79 Å². The zero-order chi connectivity index (χ0) is 13.0. The van der Waals surface area contributed by atoms with E-state index in [0.29, 0.717) is 17.3 Å². The molecule has 6 heteroatoms. The molecule has 94 valence electrons. The van der Waals surface area contributed by atoms with Gasteiger partial charge in [0.15, 0.2) is 10.2 Å². The molecule has 0 aliphatic rings. The summed E-state index contributed by atoms with van der Waals surface area (Å²) in [7, 11) is 0. The molecule has 0 atom stereocenters. The first kappa shape index (κ1) is 13.5. The van der Waals surface area contributed by atoms with Crippen LogP contribution in [0, 0.1) is 0 Å². The van der Waals surface area contributed by atoms with Gasteiger partial charge in [-0.3, -0.25) is 4.79 Å². The van der Waals surface area contributed by atoms with Gasteiger partial charge in [-0.05, 0) is 42.7 Å². The van der Waals surface area contributed by atoms with E-state index in [4.69, 9.17) is 11.6 Å². The van der Waals surface area contributed by atoms with E-state index >= 15 is 0 Å². The largest absolute Gasteiger partial charge is 0.300 e. The average Bonchev–Trinajstić information content (AvgIpc) is 2.78. The van der Waals surface area contributed by atoms with Crippen LogP contribution in [0.4, 0.5) is 0 Å². The summed E-state index contributed by atoms with van der Waals surface area (Å²) in [5.74, 6) is 1.66. The van der Waals surface area contributed by atoms with Gasteiger partial charge in [0.05, 0.1) is 0 Å². The highest BCUT2D eigenvalue weighted by Gasteiger charge is 2.07. The van der Waals surface area contributed by atoms with Crippen molar-refractivity contribution in [1.29, 1.82) is 0 Å². The molecule has 0 unspecified atom stereocenters. The fourth-order valence-electron chi connectivity index (χ4n) is 1.27. The molecule has 2 rings (SSSR count). The van der Waals surface area contributed by atoms with Crippen LogP contribution in [-0.2, 0) is 4.79 Å². The number of ketones is 1. The number of rotatable bonds is 5. The molecule has 0 saturated heterocycles. The molecule has 0 radical (unpaired) electrons. The summed E-state index contributed by atoms with van der Waals surface area (Å²) in [6.07, 6.45) is 0.570. The van der Waals surface area contributed by atoms with Crippen molar-refractivity contribution in [1.82, 2.24) is 9.36 Å². The predicted molar refractivity (Wildman–Crippen MR) is 76.4 cm³/mol. The number of carbonyl (C=O) groups is 1. The number of thioether (sulfide) groups is 1. The minimum absolute atomic E-state index is 0.199. The normalized spacial score (nSPS) is 10.6. The molecule has 0 saturated carbocycles. The van der Waals surface area contributed by atoms with Crippen molar-refractivity contribution in [3.63, 3.8) is 0 Å². The van der Waals surface area contributed by atoms with Crippen molar-refractivity contribution < 1.29 is 4.79 Å². The molecule has 1 aromatic heterocycles. The molecule has 0 aliphatic carbocycles. The summed E-state index contributed by atoms with van der Waals surface area (Å²) in [5.41, 5.74) is 0.953. The van der Waals surface area contributed by atoms with Gasteiger partial charge >= 0.3 is 0 Å². The Morgan fingerprint density at radius 1 is 1.39 bits per heavy atom. The molecule has 0 bridgehead atoms. The van der Waals surface area contributed by atoms with Crippen LogP contribution in [0.3, 0.4) is 0 Å². The van der Waals surface area contributed by atoms with Crippen molar-refractivity contribution in [2.24, 2.45) is 0 Å². The Bertz CT molecular complexity index is 539. The number of carbonyl (C=O) groups excluding carboxylic acids is 1. The molecule has 0 aliphatic heterocycles. The van der Waals surface area contributed by atoms with Crippen LogP contribution in [-0.4, -0.2) is 20.9 Å². The summed E-state index contributed by atoms with van der Waals surface area (Å²) in [6, 6.07) is 7.43. The Morgan fingerprint density at radius 3 is 2.78 bits per heavy atom. The van der Waals surface area contributed by atoms with Crippen LogP contribution >= 0.6 is 34.9 Å². The van der Waals surface area contributed by atoms with Crippen LogP contribution in [0.25, 0.3) is 11.4 Å². The maximum Gasteiger partial charge on any atom is 0.174 e. The number of benzene rings is 1. The van der Waals surface area contributed by atoms with Gasteiger partial charge in [-0.25, -0.2) is 4.98 Å². The number of hydrogen-bond acceptors (Lipinski definition) is 5. The third kappa shape index (κ3) is 3.80. The molecule has 0 fully saturated rings. The number of hydrogen-bond donors (Lipinski definition) is 0. The fourth-order valence-corrected chi connectivity index (χ4v) is 3.12. The highest BCUT2D eigenvalue weighted by molar-refractivity contribution is 8.00. The van der Waals surface area contributed by atoms with Gasteiger partial charge in [-0.15, -0.1) is 0 Å². The van der Waals surface area contributed by atoms with E-state index in [-0.39, 0.29) is 5.78 Å². The molecule has 1 heterocycles. The van der Waals surface area contributed by atoms with E-state index in [0.717, 1.165) is 15.7 Å². The van der Waals surface area contributed by atoms with Gasteiger partial charge in [-0.1, -0.05) is 23.4 Å². The van der Waals surface area contributed by atoms with Crippen molar-refractivity contribution in [3.8, 4) is 11.4 Å². The van der Waals surface area contributed by atoms with E-state index in [1.165, 1.54) is 11.5 Å². The van der Waals surface area contributed by atoms with Gasteiger partial charge < -0.3 is 0 Å². The van der Waals surface area contributed by atoms with Crippen molar-refractivity contribution in [3.05, 3.63) is 29.3 Å². The summed E-state index contributed by atoms with van der Waals surface area (Å²) < 4.78 is 5.19. The van der Waals surface area contributed by atoms with Gasteiger partial charge in [0, 0.05) is 22.8 Å². The monoisotopic (exact) mass is 298 g/mol. The maximum atomic E-state index is 10.8. The zero-order valence-electron chi connectivity index (χ0n) is 9.72. The van der Waals surface area contributed by atoms with Crippen molar-refractivity contribution >= 4 is 40.7 Å². The summed E-state index contributed by atoms with van der Waals surface area (Å²) in [4.78, 5) is 15.3. The lowest BCUT2D eigenvalue weighted by atomic mass is 10.2. The molecule has 1 aromatic carbocycles. The molecule has 0 N–H and O–H groups in total. The van der Waals surface area contributed by atoms with Gasteiger partial charge in [0.2, 0.25) is 0 Å². The van der Waals surface area contributed by atoms with Crippen LogP contribution in [0.5, 0.6) is 0 Å². The zero-order valence-corrected chi connectivity index (χ0v) is 12.1. The van der Waals surface area contributed by atoms with Gasteiger partial charge in [0.1, 0.15) is 5.78 Å². The fraction of sp³-hybridized carbons (Fsp3) is 0.250. The number of Topliss-reactive ketones (excluding diaryl/α,β-unsaturated/α-hetero) is 1. The number of aromatic nitrogens is 2. The Kier molecular flexibility index (Phi) is 4.74. The summed E-state index contributed by atoms with van der Waals surface area (Å²) in [5, 5.41) is 0.699. The molecular formula is C12H11ClN2OS2. The predicted octanol–water partition coefficient (Wildman–Crippen LogP) is 3.93. The lowest BCUT2D eigenvalue weighted by Gasteiger charge is -1.95. The van der Waals surface area contributed by atoms with E-state index in [1.807, 2.05) is 24.3 Å². The lowest BCUT2D eigenvalue weighted by molar-refractivity contribution is -0.116. The van der Waals surface area contributed by atoms with Crippen LogP contribution in [0.1, 0.15) is 13.3 Å². The van der Waals surface area contributed by atoms with Crippen molar-refractivity contribution in [2.75, 3.05) is 5.75 Å². The van der Waals surface area contributed by atoms with Crippen LogP contribution in [0.15, 0.2) is 28.6 Å². The van der Waals surface area contributed by atoms with E-state index < -0.39 is 0 Å². The smallest absolute Gasteiger partial charge is 0.174 e. The second-order valence-corrected chi connectivity index (χ2v) is 6.22. The highest BCUT2D eigenvalue weighted by atomic mass is 35.5. The third-order valence-electron chi connectivity index (χ3n) is 2.19. The standard InChI is InChI=1S/C12H11ClN2OS2/c1-8(16)6-7-17-12-14-11(15-18-12)9-2-4-10(13)5-3-9/h2-5H,6-7H2,1H3. The topological polar surface area (TPSA) is 42.9 Å². The van der Waals surface area contributed by atoms with Crippen LogP contribution < -0.4 is 0 Å². The first-order valence-corrected chi connectivity index (χ1v) is 7.51. The Balaban J connectivity index is 2.01. The number of nitrogens with zero attached hydrogens (tertiary/aromatic N) is 2. The average molecular weight is 299 g/mol. The van der Waals surface area contributed by atoms with Gasteiger partial charge in [0.25, 0.3) is 0 Å². The van der Waals surface area contributed by atoms with E-state index in [1.54, 1.807) is 18.7 Å². The van der Waals surface area contributed by atoms with Crippen molar-refractivity contribution in [2.45, 2.75) is 17.7 Å².